The van der Waals surface area contributed by atoms with Crippen LogP contribution in [0.4, 0.5) is 17.6 Å². The van der Waals surface area contributed by atoms with E-state index >= 15 is 0 Å². The summed E-state index contributed by atoms with van der Waals surface area (Å²) in [5.74, 6) is 0.0573. The van der Waals surface area contributed by atoms with E-state index in [1.165, 1.54) is 28.6 Å². The van der Waals surface area contributed by atoms with Crippen LogP contribution in [0.25, 0.3) is 0 Å². The van der Waals surface area contributed by atoms with Crippen LogP contribution in [0.2, 0.25) is 0 Å². The van der Waals surface area contributed by atoms with E-state index in [0.717, 1.165) is 30.1 Å². The predicted octanol–water partition coefficient (Wildman–Crippen LogP) is 4.59. The zero-order valence-corrected chi connectivity index (χ0v) is 23.5. The van der Waals surface area contributed by atoms with Crippen LogP contribution in [-0.2, 0) is 27.5 Å². The number of hydrogen-bond acceptors (Lipinski definition) is 5. The molecule has 40 heavy (non-hydrogen) atoms. The summed E-state index contributed by atoms with van der Waals surface area (Å²) < 4.78 is 81.9. The van der Waals surface area contributed by atoms with Crippen molar-refractivity contribution in [2.24, 2.45) is 10.4 Å². The van der Waals surface area contributed by atoms with Crippen LogP contribution in [-0.4, -0.2) is 60.1 Å². The number of alkyl halides is 3. The number of benzene rings is 2. The maximum Gasteiger partial charge on any atom is 0.416 e. The zero-order valence-electron chi connectivity index (χ0n) is 22.7. The molecule has 0 spiro atoms. The molecule has 1 N–H and O–H groups in total. The van der Waals surface area contributed by atoms with Crippen LogP contribution < -0.4 is 5.32 Å². The molecule has 1 atom stereocenters. The van der Waals surface area contributed by atoms with Gasteiger partial charge in [0.05, 0.1) is 17.0 Å². The summed E-state index contributed by atoms with van der Waals surface area (Å²) in [5.41, 5.74) is -2.42. The molecule has 7 nitrogen and oxygen atoms in total. The number of nitrogens with zero attached hydrogens (tertiary/aromatic N) is 3. The van der Waals surface area contributed by atoms with Crippen LogP contribution in [0.3, 0.4) is 0 Å². The summed E-state index contributed by atoms with van der Waals surface area (Å²) in [7, 11) is -2.29. The fraction of sp³-hybridized carbons (Fsp3) is 0.500. The van der Waals surface area contributed by atoms with Gasteiger partial charge in [0, 0.05) is 30.6 Å². The van der Waals surface area contributed by atoms with Gasteiger partial charge >= 0.3 is 6.18 Å². The molecule has 216 valence electrons. The lowest BCUT2D eigenvalue weighted by molar-refractivity contribution is -0.155. The Labute approximate surface area is 231 Å². The standard InChI is InChI=1S/C28H32F4N4O3S/c1-18(2)34-24(37)25(3)17-33-23(35(25)4)26-14-27(15-26,16-26)36(40(38,39)22-11-9-21(29)10-12-22)13-19-5-7-20(8-6-19)28(30,31)32/h5-12,18H,13-17H2,1-4H3,(H,34,37)/t25-,26?,27?/m1/s1. The number of carbonyl (C=O) groups is 1. The number of rotatable bonds is 8. The SMILES string of the molecule is CC(C)NC(=O)[C@@]1(C)CN=C(C23CC(N(Cc4ccc(C(F)(F)F)cc4)S(=O)(=O)c4ccc(F)cc4)(C2)C3)N1C. The van der Waals surface area contributed by atoms with Gasteiger partial charge in [-0.2, -0.15) is 17.5 Å². The van der Waals surface area contributed by atoms with Gasteiger partial charge in [0.15, 0.2) is 0 Å². The molecule has 0 unspecified atom stereocenters. The van der Waals surface area contributed by atoms with Crippen molar-refractivity contribution >= 4 is 21.8 Å². The highest BCUT2D eigenvalue weighted by molar-refractivity contribution is 7.89. The van der Waals surface area contributed by atoms with Crippen molar-refractivity contribution < 1.29 is 30.8 Å². The van der Waals surface area contributed by atoms with Gasteiger partial charge in [0.1, 0.15) is 17.2 Å². The molecule has 4 aliphatic rings. The third kappa shape index (κ3) is 4.49. The Kier molecular flexibility index (Phi) is 6.61. The molecule has 12 heteroatoms. The number of nitrogens with one attached hydrogen (secondary N) is 1. The molecule has 1 amide bonds. The van der Waals surface area contributed by atoms with Crippen LogP contribution in [0.1, 0.15) is 51.2 Å². The van der Waals surface area contributed by atoms with Crippen molar-refractivity contribution in [3.63, 3.8) is 0 Å². The molecule has 3 saturated carbocycles. The summed E-state index contributed by atoms with van der Waals surface area (Å²) in [5, 5.41) is 2.95. The van der Waals surface area contributed by atoms with E-state index in [2.05, 4.69) is 5.32 Å². The van der Waals surface area contributed by atoms with Gasteiger partial charge in [-0.15, -0.1) is 0 Å². The topological polar surface area (TPSA) is 82.1 Å². The Bertz CT molecular complexity index is 1440. The molecule has 1 heterocycles. The number of amides is 1. The Balaban J connectivity index is 1.41. The largest absolute Gasteiger partial charge is 0.416 e. The van der Waals surface area contributed by atoms with Crippen LogP contribution in [0, 0.1) is 11.2 Å². The summed E-state index contributed by atoms with van der Waals surface area (Å²) in [4.78, 5) is 19.5. The third-order valence-electron chi connectivity index (χ3n) is 8.52. The highest BCUT2D eigenvalue weighted by Gasteiger charge is 2.75. The molecule has 6 rings (SSSR count). The van der Waals surface area contributed by atoms with E-state index in [9.17, 15) is 30.8 Å². The summed E-state index contributed by atoms with van der Waals surface area (Å²) in [6, 6.07) is 8.93. The van der Waals surface area contributed by atoms with Crippen molar-refractivity contribution in [3.8, 4) is 0 Å². The van der Waals surface area contributed by atoms with E-state index in [4.69, 9.17) is 4.99 Å². The molecule has 3 fully saturated rings. The second-order valence-corrected chi connectivity index (χ2v) is 13.7. The van der Waals surface area contributed by atoms with Crippen LogP contribution in [0.15, 0.2) is 58.4 Å². The van der Waals surface area contributed by atoms with E-state index in [1.54, 1.807) is 0 Å². The van der Waals surface area contributed by atoms with Crippen molar-refractivity contribution in [2.45, 2.75) is 74.8 Å². The Hall–Kier alpha value is -2.99. The monoisotopic (exact) mass is 580 g/mol. The lowest BCUT2D eigenvalue weighted by Gasteiger charge is -2.73. The van der Waals surface area contributed by atoms with E-state index in [-0.39, 0.29) is 35.3 Å². The lowest BCUT2D eigenvalue weighted by Crippen LogP contribution is -2.79. The van der Waals surface area contributed by atoms with Gasteiger partial charge < -0.3 is 10.2 Å². The van der Waals surface area contributed by atoms with Crippen molar-refractivity contribution in [3.05, 3.63) is 65.5 Å². The molecule has 0 radical (unpaired) electrons. The molecule has 2 aromatic carbocycles. The fourth-order valence-corrected chi connectivity index (χ4v) is 8.04. The quantitative estimate of drug-likeness (QED) is 0.464. The van der Waals surface area contributed by atoms with Crippen molar-refractivity contribution in [2.75, 3.05) is 13.6 Å². The fourth-order valence-electron chi connectivity index (χ4n) is 6.28. The molecular weight excluding hydrogens is 548 g/mol. The molecule has 2 aromatic rings. The average molecular weight is 581 g/mol. The van der Waals surface area contributed by atoms with Gasteiger partial charge in [-0.25, -0.2) is 12.8 Å². The highest BCUT2D eigenvalue weighted by Crippen LogP contribution is 2.72. The van der Waals surface area contributed by atoms with Gasteiger partial charge in [0.25, 0.3) is 0 Å². The van der Waals surface area contributed by atoms with Gasteiger partial charge in [0.2, 0.25) is 15.9 Å². The number of aliphatic imine (C=N–C) groups is 1. The maximum absolute atomic E-state index is 13.9. The first-order valence-electron chi connectivity index (χ1n) is 13.1. The Morgan fingerprint density at radius 1 is 1.07 bits per heavy atom. The van der Waals surface area contributed by atoms with Gasteiger partial charge in [-0.1, -0.05) is 12.1 Å². The minimum Gasteiger partial charge on any atom is -0.352 e. The minimum absolute atomic E-state index is 0.0320. The molecule has 0 aromatic heterocycles. The predicted molar refractivity (Wildman–Crippen MR) is 141 cm³/mol. The number of hydrogen-bond donors (Lipinski definition) is 1. The molecular formula is C28H32F4N4O3S. The zero-order chi connectivity index (χ0) is 29.3. The van der Waals surface area contributed by atoms with Gasteiger partial charge in [-0.05, 0) is 82.0 Å². The Morgan fingerprint density at radius 2 is 1.65 bits per heavy atom. The summed E-state index contributed by atoms with van der Waals surface area (Å²) in [6.07, 6.45) is -3.11. The smallest absolute Gasteiger partial charge is 0.352 e. The van der Waals surface area contributed by atoms with E-state index < -0.39 is 38.7 Å². The molecule has 2 bridgehead atoms. The highest BCUT2D eigenvalue weighted by atomic mass is 32.2. The minimum atomic E-state index is -4.51. The number of carbonyl (C=O) groups excluding carboxylic acids is 1. The number of halogens is 4. The van der Waals surface area contributed by atoms with E-state index in [0.29, 0.717) is 24.8 Å². The first kappa shape index (κ1) is 28.5. The van der Waals surface area contributed by atoms with Crippen molar-refractivity contribution in [1.82, 2.24) is 14.5 Å². The maximum atomic E-state index is 13.9. The lowest BCUT2D eigenvalue weighted by atomic mass is 9.38. The first-order valence-corrected chi connectivity index (χ1v) is 14.5. The number of sulfonamides is 1. The molecule has 3 aliphatic carbocycles. The van der Waals surface area contributed by atoms with Crippen LogP contribution in [0.5, 0.6) is 0 Å². The van der Waals surface area contributed by atoms with E-state index in [1.807, 2.05) is 32.7 Å². The van der Waals surface area contributed by atoms with Crippen molar-refractivity contribution in [1.29, 1.82) is 0 Å². The summed E-state index contributed by atoms with van der Waals surface area (Å²) >= 11 is 0. The molecule has 1 aliphatic heterocycles. The number of likely N-dealkylation sites (N-methyl/N-ethyl adjacent to an activating group) is 1. The van der Waals surface area contributed by atoms with Crippen LogP contribution >= 0.6 is 0 Å². The first-order chi connectivity index (χ1) is 18.5. The third-order valence-corrected chi connectivity index (χ3v) is 10.5. The van der Waals surface area contributed by atoms with Gasteiger partial charge in [-0.3, -0.25) is 9.79 Å². The molecule has 0 saturated heterocycles. The average Bonchev–Trinajstić information content (AvgIpc) is 3.12. The number of amidine groups is 1. The Morgan fingerprint density at radius 3 is 2.17 bits per heavy atom. The normalized spacial score (nSPS) is 27.9. The second-order valence-electron chi connectivity index (χ2n) is 11.8. The second kappa shape index (κ2) is 9.27. The summed E-state index contributed by atoms with van der Waals surface area (Å²) in [6.45, 7) is 5.75.